The SMILES string of the molecule is COC1=C(OCCO[Si](C)(C)C(C)(C)C)[C@H](C)C[C@H](C)C=CC=CC=C(C)[C@@H](OC)C[C@@H]2CC[C@@H](C)C(O)(O2)C(=O)C(=O)N2CCCC[C@H]2C(=O)O[C@H]([C@H](C)C[C@H]2CC[C@@H](OCCO[Si](C)(C)C(C)(C)C)[C@H](OC)C2)CC(=O)[C@H](C)C=C(C)[C@H]1O. The Bertz CT molecular complexity index is 2330. The van der Waals surface area contributed by atoms with Crippen LogP contribution in [0.25, 0.3) is 0 Å². The number of fused-ring (bicyclic) bond motifs is 3. The molecule has 2 saturated heterocycles. The fourth-order valence-electron chi connectivity index (χ4n) is 11.7. The van der Waals surface area contributed by atoms with Gasteiger partial charge in [0, 0.05) is 51.4 Å². The molecule has 0 spiro atoms. The minimum Gasteiger partial charge on any atom is -0.494 e. The molecule has 16 nitrogen and oxygen atoms in total. The van der Waals surface area contributed by atoms with Crippen LogP contribution in [0, 0.1) is 35.5 Å². The molecule has 1 unspecified atom stereocenters. The predicted molar refractivity (Wildman–Crippen MR) is 339 cm³/mol. The Kier molecular flexibility index (Phi) is 28.8. The number of hydrogen-bond acceptors (Lipinski definition) is 15. The van der Waals surface area contributed by atoms with Crippen molar-refractivity contribution >= 4 is 40.1 Å². The number of rotatable bonds is 16. The van der Waals surface area contributed by atoms with Crippen molar-refractivity contribution in [2.75, 3.05) is 54.3 Å². The molecule has 18 heteroatoms. The average molecular weight is 1230 g/mol. The normalized spacial score (nSPS) is 31.7. The van der Waals surface area contributed by atoms with Gasteiger partial charge in [-0.05, 0) is 143 Å². The van der Waals surface area contributed by atoms with Crippen LogP contribution in [-0.2, 0) is 61.2 Å². The number of ether oxygens (including phenoxy) is 7. The molecule has 14 atom stereocenters. The quantitative estimate of drug-likeness (QED) is 0.0487. The van der Waals surface area contributed by atoms with E-state index >= 15 is 0 Å². The molecule has 3 aliphatic heterocycles. The second kappa shape index (κ2) is 33.0. The lowest BCUT2D eigenvalue weighted by atomic mass is 9.78. The van der Waals surface area contributed by atoms with E-state index in [1.807, 2.05) is 38.2 Å². The molecule has 486 valence electrons. The number of esters is 1. The van der Waals surface area contributed by atoms with Crippen molar-refractivity contribution in [1.82, 2.24) is 4.90 Å². The molecular weight excluding hydrogens is 1110 g/mol. The summed E-state index contributed by atoms with van der Waals surface area (Å²) >= 11 is 0. The summed E-state index contributed by atoms with van der Waals surface area (Å²) < 4.78 is 56.7. The van der Waals surface area contributed by atoms with Gasteiger partial charge in [0.15, 0.2) is 22.4 Å². The minimum absolute atomic E-state index is 0.00522. The van der Waals surface area contributed by atoms with E-state index in [0.29, 0.717) is 82.5 Å². The van der Waals surface area contributed by atoms with Gasteiger partial charge in [0.25, 0.3) is 11.7 Å². The van der Waals surface area contributed by atoms with Gasteiger partial charge >= 0.3 is 5.97 Å². The van der Waals surface area contributed by atoms with E-state index in [4.69, 9.17) is 42.0 Å². The predicted octanol–water partition coefficient (Wildman–Crippen LogP) is 12.5. The van der Waals surface area contributed by atoms with E-state index in [1.165, 1.54) is 12.0 Å². The van der Waals surface area contributed by atoms with Gasteiger partial charge in [-0.15, -0.1) is 0 Å². The zero-order valence-electron chi connectivity index (χ0n) is 56.1. The van der Waals surface area contributed by atoms with Gasteiger partial charge in [-0.3, -0.25) is 14.4 Å². The first-order valence-corrected chi connectivity index (χ1v) is 37.7. The average Bonchev–Trinajstić information content (AvgIpc) is 1.85. The highest BCUT2D eigenvalue weighted by Gasteiger charge is 2.53. The molecule has 1 amide bonds. The van der Waals surface area contributed by atoms with Gasteiger partial charge in [-0.2, -0.15) is 0 Å². The molecule has 0 radical (unpaired) electrons. The van der Waals surface area contributed by atoms with Crippen LogP contribution in [0.1, 0.15) is 167 Å². The van der Waals surface area contributed by atoms with Crippen LogP contribution in [0.4, 0.5) is 0 Å². The zero-order valence-corrected chi connectivity index (χ0v) is 58.1. The van der Waals surface area contributed by atoms with Crippen molar-refractivity contribution in [3.8, 4) is 0 Å². The van der Waals surface area contributed by atoms with Gasteiger partial charge in [-0.25, -0.2) is 4.79 Å². The summed E-state index contributed by atoms with van der Waals surface area (Å²) in [5, 5.41) is 24.4. The Morgan fingerprint density at radius 3 is 2.01 bits per heavy atom. The molecular formula is C67H115NO15Si2. The Hall–Kier alpha value is -3.31. The van der Waals surface area contributed by atoms with Crippen molar-refractivity contribution in [3.05, 3.63) is 59.1 Å². The first-order chi connectivity index (χ1) is 39.6. The van der Waals surface area contributed by atoms with Gasteiger partial charge in [-0.1, -0.05) is 113 Å². The number of allylic oxidation sites excluding steroid dienone is 7. The summed E-state index contributed by atoms with van der Waals surface area (Å²) in [6, 6.07) is -1.14. The number of hydrogen-bond donors (Lipinski definition) is 2. The maximum atomic E-state index is 14.8. The molecule has 2 bridgehead atoms. The van der Waals surface area contributed by atoms with Gasteiger partial charge in [0.1, 0.15) is 36.4 Å². The third-order valence-electron chi connectivity index (χ3n) is 19.6. The molecule has 1 saturated carbocycles. The lowest BCUT2D eigenvalue weighted by Crippen LogP contribution is -2.61. The highest BCUT2D eigenvalue weighted by molar-refractivity contribution is 6.74. The number of nitrogens with zero attached hydrogens (tertiary/aromatic N) is 1. The first-order valence-electron chi connectivity index (χ1n) is 31.8. The summed E-state index contributed by atoms with van der Waals surface area (Å²) in [4.78, 5) is 59.8. The number of ketones is 2. The lowest BCUT2D eigenvalue weighted by molar-refractivity contribution is -0.265. The topological polar surface area (TPSA) is 195 Å². The summed E-state index contributed by atoms with van der Waals surface area (Å²) in [6.07, 6.45) is 14.2. The van der Waals surface area contributed by atoms with Gasteiger partial charge in [0.2, 0.25) is 5.79 Å². The highest BCUT2D eigenvalue weighted by Crippen LogP contribution is 2.41. The van der Waals surface area contributed by atoms with Crippen molar-refractivity contribution in [3.63, 3.8) is 0 Å². The fraction of sp³-hybridized carbons (Fsp3) is 0.791. The number of amides is 1. The second-order valence-electron chi connectivity index (χ2n) is 28.3. The number of aliphatic hydroxyl groups excluding tert-OH is 1. The number of carbonyl (C=O) groups is 4. The summed E-state index contributed by atoms with van der Waals surface area (Å²) in [6.45, 7) is 37.1. The molecule has 2 N–H and O–H groups in total. The van der Waals surface area contributed by atoms with Crippen LogP contribution in [-0.4, -0.2) is 158 Å². The number of cyclic esters (lactones) is 1. The molecule has 0 aromatic rings. The monoisotopic (exact) mass is 1230 g/mol. The van der Waals surface area contributed by atoms with Crippen LogP contribution in [0.2, 0.25) is 36.3 Å². The van der Waals surface area contributed by atoms with Crippen LogP contribution in [0.3, 0.4) is 0 Å². The minimum atomic E-state index is -2.44. The van der Waals surface area contributed by atoms with Crippen molar-refractivity contribution in [2.24, 2.45) is 35.5 Å². The maximum absolute atomic E-state index is 14.8. The standard InChI is InChI=1S/C67H115NO15Si2/c1-44-26-22-21-23-27-45(2)56(75-14)42-52-31-29-50(7)67(74,83-52)62(71)63(72)68-33-25-24-28-53(68)64(73)82-57(47(4)40-51-30-32-55(58(41-51)76-15)78-34-36-80-84(17,18)65(8,9)10)43-54(69)46(3)39-48(5)59(70)61(77-16)60(49(6)38-44)79-35-37-81-85(19,20)66(11,12)13/h21-23,26-27,39,44,46-47,49-53,55-59,70,74H,24-25,28-38,40-43H2,1-20H3/t44-,46-,47-,49-,50-,51-,52+,53+,55-,56+,57+,58-,59-,67?/m1/s1. The number of piperidine rings is 1. The van der Waals surface area contributed by atoms with Crippen molar-refractivity contribution < 1.29 is 71.4 Å². The molecule has 1 aliphatic carbocycles. The third-order valence-corrected chi connectivity index (χ3v) is 28.6. The number of Topliss-reactive ketones (excluding diaryl/α,β-unsaturated/α-hetero) is 2. The van der Waals surface area contributed by atoms with E-state index in [0.717, 1.165) is 18.4 Å². The summed E-state index contributed by atoms with van der Waals surface area (Å²) in [5.74, 6) is -6.48. The molecule has 0 aromatic heterocycles. The van der Waals surface area contributed by atoms with Crippen molar-refractivity contribution in [2.45, 2.75) is 252 Å². The van der Waals surface area contributed by atoms with E-state index in [2.05, 4.69) is 87.7 Å². The molecule has 3 fully saturated rings. The molecule has 4 aliphatic rings. The summed E-state index contributed by atoms with van der Waals surface area (Å²) in [7, 11) is 0.790. The van der Waals surface area contributed by atoms with Gasteiger partial charge in [0.05, 0.1) is 51.3 Å². The second-order valence-corrected chi connectivity index (χ2v) is 37.9. The zero-order chi connectivity index (χ0) is 63.8. The number of methoxy groups -OCH3 is 3. The van der Waals surface area contributed by atoms with E-state index in [9.17, 15) is 29.4 Å². The van der Waals surface area contributed by atoms with Crippen LogP contribution in [0.5, 0.6) is 0 Å². The number of carbonyl (C=O) groups excluding carboxylic acids is 4. The van der Waals surface area contributed by atoms with Crippen LogP contribution >= 0.6 is 0 Å². The first kappa shape index (κ1) is 74.2. The Morgan fingerprint density at radius 2 is 1.40 bits per heavy atom. The molecule has 4 rings (SSSR count). The Balaban J connectivity index is 1.74. The maximum Gasteiger partial charge on any atom is 0.329 e. The third kappa shape index (κ3) is 20.9. The summed E-state index contributed by atoms with van der Waals surface area (Å²) in [5.41, 5.74) is 1.38. The molecule has 0 aromatic carbocycles. The largest absolute Gasteiger partial charge is 0.494 e. The highest BCUT2D eigenvalue weighted by atomic mass is 28.4. The van der Waals surface area contributed by atoms with E-state index in [-0.39, 0.29) is 83.5 Å². The Morgan fingerprint density at radius 1 is 0.753 bits per heavy atom. The lowest BCUT2D eigenvalue weighted by Gasteiger charge is -2.42. The molecule has 85 heavy (non-hydrogen) atoms. The van der Waals surface area contributed by atoms with E-state index in [1.54, 1.807) is 41.1 Å². The van der Waals surface area contributed by atoms with E-state index < -0.39 is 82.4 Å². The smallest absolute Gasteiger partial charge is 0.329 e. The van der Waals surface area contributed by atoms with Crippen molar-refractivity contribution in [1.29, 1.82) is 0 Å². The molecule has 3 heterocycles. The van der Waals surface area contributed by atoms with Crippen LogP contribution in [0.15, 0.2) is 59.1 Å². The number of aliphatic hydroxyl groups is 2. The fourth-order valence-corrected chi connectivity index (χ4v) is 13.8. The Labute approximate surface area is 514 Å². The van der Waals surface area contributed by atoms with Gasteiger partial charge < -0.3 is 57.1 Å². The van der Waals surface area contributed by atoms with Crippen LogP contribution < -0.4 is 0 Å².